The van der Waals surface area contributed by atoms with Crippen LogP contribution in [0.1, 0.15) is 72.8 Å². The van der Waals surface area contributed by atoms with Gasteiger partial charge in [-0.05, 0) is 57.6 Å². The number of amides is 3. The van der Waals surface area contributed by atoms with Crippen LogP contribution < -0.4 is 15.4 Å². The molecule has 3 aliphatic rings. The fourth-order valence-electron chi connectivity index (χ4n) is 6.11. The van der Waals surface area contributed by atoms with Crippen LogP contribution in [0.5, 0.6) is 5.75 Å². The van der Waals surface area contributed by atoms with Crippen molar-refractivity contribution in [3.05, 3.63) is 46.5 Å². The van der Waals surface area contributed by atoms with E-state index < -0.39 is 47.9 Å². The average Bonchev–Trinajstić information content (AvgIpc) is 3.83. The topological polar surface area (TPSA) is 156 Å². The third-order valence-corrected chi connectivity index (χ3v) is 11.4. The Morgan fingerprint density at radius 2 is 1.92 bits per heavy atom. The third kappa shape index (κ3) is 12.3. The molecule has 2 saturated heterocycles. The van der Waals surface area contributed by atoms with E-state index in [0.29, 0.717) is 36.5 Å². The molecule has 292 valence electrons. The third-order valence-electron chi connectivity index (χ3n) is 9.16. The fraction of sp³-hybridized carbons (Fsp3) is 0.622. The number of ether oxygens (including phenoxy) is 4. The molecular weight excluding hydrogens is 730 g/mol. The highest BCUT2D eigenvalue weighted by Gasteiger charge is 2.63. The molecule has 3 amide bonds. The second kappa shape index (κ2) is 21.7. The van der Waals surface area contributed by atoms with Crippen LogP contribution >= 0.6 is 33.2 Å². The summed E-state index contributed by atoms with van der Waals surface area (Å²) in [5, 5.41) is 13.0. The van der Waals surface area contributed by atoms with Crippen molar-refractivity contribution in [2.75, 3.05) is 38.6 Å². The molecule has 12 nitrogen and oxygen atoms in total. The molecule has 0 radical (unpaired) electrons. The van der Waals surface area contributed by atoms with Gasteiger partial charge in [0.1, 0.15) is 34.6 Å². The van der Waals surface area contributed by atoms with Crippen molar-refractivity contribution < 1.29 is 43.2 Å². The number of epoxide rings is 1. The molecule has 15 heteroatoms. The molecule has 7 atom stereocenters. The SMILES string of the molecule is CC.CO.COc1cc2cc(c1Cl)NC(=O)CC(OC(=O)C(C)N(C)C(=O)CCSSC)C1(C)OC1[C@H](C)C1CC(C/C=C/C=C(\C)C2)NC(=O)O1. The maximum Gasteiger partial charge on any atom is 0.407 e. The number of hydrogen-bond acceptors (Lipinski definition) is 11. The number of alkyl carbamates (subject to hydrolysis) is 1. The van der Waals surface area contributed by atoms with Crippen LogP contribution in [0.15, 0.2) is 35.9 Å². The number of methoxy groups -OCH3 is 1. The first-order valence-electron chi connectivity index (χ1n) is 17.5. The number of fused-ring (bicyclic) bond motifs is 5. The summed E-state index contributed by atoms with van der Waals surface area (Å²) in [5.41, 5.74) is 1.23. The lowest BCUT2D eigenvalue weighted by Gasteiger charge is -2.33. The number of benzene rings is 1. The van der Waals surface area contributed by atoms with Gasteiger partial charge in [-0.15, -0.1) is 0 Å². The number of halogens is 1. The van der Waals surface area contributed by atoms with Gasteiger partial charge in [-0.25, -0.2) is 9.59 Å². The highest BCUT2D eigenvalue weighted by atomic mass is 35.5. The van der Waals surface area contributed by atoms with Crippen LogP contribution in [-0.4, -0.2) is 103 Å². The smallest absolute Gasteiger partial charge is 0.407 e. The number of allylic oxidation sites excluding steroid dienone is 3. The Balaban J connectivity index is 0.00000226. The largest absolute Gasteiger partial charge is 0.495 e. The Labute approximate surface area is 321 Å². The Hall–Kier alpha value is -2.91. The van der Waals surface area contributed by atoms with Gasteiger partial charge in [-0.3, -0.25) is 9.59 Å². The summed E-state index contributed by atoms with van der Waals surface area (Å²) in [7, 11) is 7.21. The van der Waals surface area contributed by atoms with E-state index in [9.17, 15) is 19.2 Å². The summed E-state index contributed by atoms with van der Waals surface area (Å²) in [6.45, 7) is 11.3. The van der Waals surface area contributed by atoms with Crippen molar-refractivity contribution in [1.29, 1.82) is 0 Å². The highest BCUT2D eigenvalue weighted by Crippen LogP contribution is 2.48. The summed E-state index contributed by atoms with van der Waals surface area (Å²) in [6.07, 6.45) is 7.24. The second-order valence-corrected chi connectivity index (χ2v) is 15.8. The first-order chi connectivity index (χ1) is 24.8. The van der Waals surface area contributed by atoms with Gasteiger partial charge in [0.2, 0.25) is 11.8 Å². The van der Waals surface area contributed by atoms with Crippen molar-refractivity contribution in [1.82, 2.24) is 10.2 Å². The number of anilines is 1. The number of rotatable bonds is 8. The maximum atomic E-state index is 13.7. The molecule has 1 aromatic rings. The molecule has 3 N–H and O–H groups in total. The standard InChI is InChI=1S/C34H46ClN3O8S2.C2H6.CH4O/c1-19-10-8-9-11-23-17-25(44-33(42)36-23)20(2)31-34(4,46-31)27(45-32(41)21(3)38(5)29(40)12-13-48-47-7)18-28(39)37-24-15-22(14-19)16-26(43-6)30(24)35;2*1-2/h8-10,15-16,20-21,23,25,27,31H,11-14,17-18H2,1-7H3,(H,36,42)(H,37,39);1-2H3;2H,1H3/b9-8+,19-10+;;/t20-,21?,23?,25?,27?,31?,34?;;/m1../s1. The molecule has 4 bridgehead atoms. The predicted octanol–water partition coefficient (Wildman–Crippen LogP) is 6.58. The normalized spacial score (nSPS) is 27.8. The van der Waals surface area contributed by atoms with Crippen LogP contribution in [0.4, 0.5) is 10.5 Å². The zero-order chi connectivity index (χ0) is 39.2. The molecular formula is C37H56ClN3O9S2. The number of aliphatic hydroxyl groups is 1. The van der Waals surface area contributed by atoms with Gasteiger partial charge in [-0.2, -0.15) is 0 Å². The number of carbonyl (C=O) groups is 4. The maximum absolute atomic E-state index is 13.7. The predicted molar refractivity (Wildman–Crippen MR) is 209 cm³/mol. The van der Waals surface area contributed by atoms with Crippen molar-refractivity contribution in [2.24, 2.45) is 5.92 Å². The number of aliphatic hydroxyl groups excluding tert-OH is 1. The lowest BCUT2D eigenvalue weighted by atomic mass is 9.85. The Kier molecular flexibility index (Phi) is 18.9. The van der Waals surface area contributed by atoms with E-state index in [1.807, 2.05) is 58.2 Å². The van der Waals surface area contributed by atoms with Crippen molar-refractivity contribution >= 4 is 62.8 Å². The monoisotopic (exact) mass is 785 g/mol. The van der Waals surface area contributed by atoms with E-state index in [0.717, 1.165) is 18.2 Å². The van der Waals surface area contributed by atoms with Gasteiger partial charge in [0, 0.05) is 44.7 Å². The number of hydrogen-bond donors (Lipinski definition) is 3. The van der Waals surface area contributed by atoms with Gasteiger partial charge < -0.3 is 39.6 Å². The van der Waals surface area contributed by atoms with Crippen LogP contribution in [0, 0.1) is 5.92 Å². The summed E-state index contributed by atoms with van der Waals surface area (Å²) < 4.78 is 23.5. The molecule has 4 rings (SSSR count). The Bertz CT molecular complexity index is 1440. The quantitative estimate of drug-likeness (QED) is 0.113. The van der Waals surface area contributed by atoms with Crippen molar-refractivity contribution in [3.63, 3.8) is 0 Å². The van der Waals surface area contributed by atoms with Crippen LogP contribution in [0.25, 0.3) is 0 Å². The van der Waals surface area contributed by atoms with Crippen LogP contribution in [0.3, 0.4) is 0 Å². The van der Waals surface area contributed by atoms with Gasteiger partial charge in [0.05, 0.1) is 25.3 Å². The minimum atomic E-state index is -1.07. The van der Waals surface area contributed by atoms with Crippen LogP contribution in [-0.2, 0) is 35.0 Å². The lowest BCUT2D eigenvalue weighted by molar-refractivity contribution is -0.161. The number of likely N-dealkylation sites (N-methyl/N-ethyl adjacent to an activating group) is 1. The molecule has 3 heterocycles. The highest BCUT2D eigenvalue weighted by molar-refractivity contribution is 8.76. The van der Waals surface area contributed by atoms with Crippen molar-refractivity contribution in [3.8, 4) is 5.75 Å². The van der Waals surface area contributed by atoms with E-state index in [1.165, 1.54) is 12.0 Å². The van der Waals surface area contributed by atoms with E-state index >= 15 is 0 Å². The molecule has 1 aromatic carbocycles. The fourth-order valence-corrected chi connectivity index (χ4v) is 7.52. The zero-order valence-electron chi connectivity index (χ0n) is 31.9. The Morgan fingerprint density at radius 1 is 1.23 bits per heavy atom. The van der Waals surface area contributed by atoms with E-state index in [1.54, 1.807) is 48.5 Å². The zero-order valence-corrected chi connectivity index (χ0v) is 34.3. The molecule has 0 saturated carbocycles. The Morgan fingerprint density at radius 3 is 2.58 bits per heavy atom. The number of esters is 1. The summed E-state index contributed by atoms with van der Waals surface area (Å²) >= 11 is 6.63. The molecule has 6 unspecified atom stereocenters. The van der Waals surface area contributed by atoms with Gasteiger partial charge in [-0.1, -0.05) is 77.8 Å². The average molecular weight is 786 g/mol. The van der Waals surface area contributed by atoms with Crippen molar-refractivity contribution in [2.45, 2.75) is 110 Å². The number of carbonyl (C=O) groups excluding carboxylic acids is 4. The van der Waals surface area contributed by atoms with E-state index in [4.69, 9.17) is 35.7 Å². The minimum absolute atomic E-state index is 0.138. The van der Waals surface area contributed by atoms with Gasteiger partial charge in [0.15, 0.2) is 0 Å². The van der Waals surface area contributed by atoms with Gasteiger partial charge in [0.25, 0.3) is 0 Å². The first-order valence-corrected chi connectivity index (χ1v) is 20.6. The second-order valence-electron chi connectivity index (χ2n) is 12.7. The molecule has 0 aromatic heterocycles. The number of nitrogens with zero attached hydrogens (tertiary/aromatic N) is 1. The molecule has 0 spiro atoms. The van der Waals surface area contributed by atoms with E-state index in [2.05, 4.69) is 10.6 Å². The summed E-state index contributed by atoms with van der Waals surface area (Å²) in [4.78, 5) is 53.9. The van der Waals surface area contributed by atoms with E-state index in [-0.39, 0.29) is 35.7 Å². The minimum Gasteiger partial charge on any atom is -0.495 e. The molecule has 3 aliphatic heterocycles. The summed E-state index contributed by atoms with van der Waals surface area (Å²) in [5.74, 6) is -0.550. The molecule has 52 heavy (non-hydrogen) atoms. The number of nitrogens with one attached hydrogen (secondary N) is 2. The molecule has 2 fully saturated rings. The molecule has 0 aliphatic carbocycles. The first kappa shape index (κ1) is 45.2. The van der Waals surface area contributed by atoms with Gasteiger partial charge >= 0.3 is 12.1 Å². The summed E-state index contributed by atoms with van der Waals surface area (Å²) in [6, 6.07) is 2.59. The van der Waals surface area contributed by atoms with Crippen LogP contribution in [0.2, 0.25) is 5.02 Å². The lowest BCUT2D eigenvalue weighted by Crippen LogP contribution is -2.49.